The Morgan fingerprint density at radius 3 is 2.57 bits per heavy atom. The average molecular weight is 291 g/mol. The zero-order chi connectivity index (χ0) is 15.4. The fourth-order valence-corrected chi connectivity index (χ4v) is 1.73. The zero-order valence-electron chi connectivity index (χ0n) is 11.5. The monoisotopic (exact) mass is 291 g/mol. The Balaban J connectivity index is 2.03. The van der Waals surface area contributed by atoms with E-state index in [2.05, 4.69) is 4.74 Å². The minimum Gasteiger partial charge on any atom is -0.486 e. The molecule has 0 aliphatic heterocycles. The Labute approximate surface area is 120 Å². The quantitative estimate of drug-likeness (QED) is 0.478. The Hall–Kier alpha value is -2.83. The van der Waals surface area contributed by atoms with Crippen LogP contribution in [0.5, 0.6) is 5.75 Å². The maximum Gasteiger partial charge on any atom is 0.374 e. The highest BCUT2D eigenvalue weighted by atomic mass is 16.6. The van der Waals surface area contributed by atoms with E-state index in [4.69, 9.17) is 9.15 Å². The lowest BCUT2D eigenvalue weighted by molar-refractivity contribution is -0.384. The van der Waals surface area contributed by atoms with Crippen LogP contribution in [0.3, 0.4) is 0 Å². The molecule has 0 aliphatic carbocycles. The van der Waals surface area contributed by atoms with Crippen LogP contribution in [0, 0.1) is 17.0 Å². The molecule has 110 valence electrons. The molecule has 0 N–H and O–H groups in total. The van der Waals surface area contributed by atoms with Crippen molar-refractivity contribution in [2.75, 3.05) is 7.11 Å². The Morgan fingerprint density at radius 2 is 2.00 bits per heavy atom. The zero-order valence-corrected chi connectivity index (χ0v) is 11.5. The van der Waals surface area contributed by atoms with Crippen LogP contribution >= 0.6 is 0 Å². The summed E-state index contributed by atoms with van der Waals surface area (Å²) in [5.41, 5.74) is 0.647. The van der Waals surface area contributed by atoms with Crippen molar-refractivity contribution >= 4 is 11.7 Å². The summed E-state index contributed by atoms with van der Waals surface area (Å²) in [4.78, 5) is 21.4. The van der Waals surface area contributed by atoms with Gasteiger partial charge in [-0.2, -0.15) is 0 Å². The molecule has 1 aromatic heterocycles. The van der Waals surface area contributed by atoms with Crippen molar-refractivity contribution in [1.82, 2.24) is 0 Å². The fraction of sp³-hybridized carbons (Fsp3) is 0.214. The molecule has 0 radical (unpaired) electrons. The molecule has 0 amide bonds. The third kappa shape index (κ3) is 3.38. The molecular weight excluding hydrogens is 278 g/mol. The van der Waals surface area contributed by atoms with Crippen LogP contribution in [0.2, 0.25) is 0 Å². The largest absolute Gasteiger partial charge is 0.486 e. The second-order valence-corrected chi connectivity index (χ2v) is 4.26. The molecule has 0 saturated heterocycles. The summed E-state index contributed by atoms with van der Waals surface area (Å²) in [7, 11) is 1.28. The third-order valence-corrected chi connectivity index (χ3v) is 2.77. The number of rotatable bonds is 5. The van der Waals surface area contributed by atoms with Crippen molar-refractivity contribution in [1.29, 1.82) is 0 Å². The van der Waals surface area contributed by atoms with E-state index >= 15 is 0 Å². The predicted molar refractivity (Wildman–Crippen MR) is 72.2 cm³/mol. The number of hydrogen-bond donors (Lipinski definition) is 0. The average Bonchev–Trinajstić information content (AvgIpc) is 2.86. The molecule has 1 aromatic carbocycles. The van der Waals surface area contributed by atoms with Gasteiger partial charge in [-0.05, 0) is 25.1 Å². The van der Waals surface area contributed by atoms with E-state index in [0.717, 1.165) is 0 Å². The summed E-state index contributed by atoms with van der Waals surface area (Å²) in [6.07, 6.45) is 0. The molecule has 0 unspecified atom stereocenters. The van der Waals surface area contributed by atoms with E-state index in [1.807, 2.05) is 0 Å². The van der Waals surface area contributed by atoms with Crippen molar-refractivity contribution in [2.24, 2.45) is 0 Å². The maximum absolute atomic E-state index is 11.4. The van der Waals surface area contributed by atoms with Gasteiger partial charge in [-0.3, -0.25) is 10.1 Å². The Kier molecular flexibility index (Phi) is 4.22. The molecule has 1 heterocycles. The van der Waals surface area contributed by atoms with Gasteiger partial charge in [0, 0.05) is 17.7 Å². The standard InChI is InChI=1S/C14H13NO6/c1-9-7-12(21-13(9)14(16)19-2)8-20-11-5-3-10(4-6-11)15(17)18/h3-7H,8H2,1-2H3. The van der Waals surface area contributed by atoms with Gasteiger partial charge in [0.15, 0.2) is 0 Å². The lowest BCUT2D eigenvalue weighted by Gasteiger charge is -2.03. The molecule has 21 heavy (non-hydrogen) atoms. The fourth-order valence-electron chi connectivity index (χ4n) is 1.73. The van der Waals surface area contributed by atoms with Crippen molar-refractivity contribution in [2.45, 2.75) is 13.5 Å². The van der Waals surface area contributed by atoms with Crippen LogP contribution in [0.4, 0.5) is 5.69 Å². The molecule has 7 nitrogen and oxygen atoms in total. The van der Waals surface area contributed by atoms with E-state index in [1.165, 1.54) is 31.4 Å². The Morgan fingerprint density at radius 1 is 1.33 bits per heavy atom. The first-order valence-electron chi connectivity index (χ1n) is 6.06. The summed E-state index contributed by atoms with van der Waals surface area (Å²) in [5, 5.41) is 10.5. The van der Waals surface area contributed by atoms with E-state index in [1.54, 1.807) is 13.0 Å². The molecule has 0 saturated carbocycles. The summed E-state index contributed by atoms with van der Waals surface area (Å²) in [6, 6.07) is 7.37. The smallest absolute Gasteiger partial charge is 0.374 e. The molecule has 7 heteroatoms. The van der Waals surface area contributed by atoms with Crippen molar-refractivity contribution in [3.63, 3.8) is 0 Å². The number of carbonyl (C=O) groups excluding carboxylic acids is 1. The second-order valence-electron chi connectivity index (χ2n) is 4.26. The van der Waals surface area contributed by atoms with Gasteiger partial charge in [-0.25, -0.2) is 4.79 Å². The van der Waals surface area contributed by atoms with E-state index < -0.39 is 10.9 Å². The number of esters is 1. The lowest BCUT2D eigenvalue weighted by Crippen LogP contribution is -2.00. The van der Waals surface area contributed by atoms with Gasteiger partial charge in [-0.15, -0.1) is 0 Å². The van der Waals surface area contributed by atoms with Crippen LogP contribution in [-0.2, 0) is 11.3 Å². The molecule has 0 atom stereocenters. The van der Waals surface area contributed by atoms with Crippen molar-refractivity contribution < 1.29 is 23.6 Å². The molecule has 2 aromatic rings. The number of aryl methyl sites for hydroxylation is 1. The van der Waals surface area contributed by atoms with Crippen LogP contribution in [0.15, 0.2) is 34.7 Å². The number of nitrogens with zero attached hydrogens (tertiary/aromatic N) is 1. The molecule has 0 spiro atoms. The highest BCUT2D eigenvalue weighted by Crippen LogP contribution is 2.20. The van der Waals surface area contributed by atoms with Gasteiger partial charge < -0.3 is 13.9 Å². The van der Waals surface area contributed by atoms with Crippen LogP contribution in [0.25, 0.3) is 0 Å². The van der Waals surface area contributed by atoms with E-state index in [0.29, 0.717) is 17.1 Å². The van der Waals surface area contributed by atoms with Gasteiger partial charge in [0.25, 0.3) is 5.69 Å². The number of carbonyl (C=O) groups is 1. The first-order valence-corrected chi connectivity index (χ1v) is 6.06. The van der Waals surface area contributed by atoms with Crippen LogP contribution < -0.4 is 4.74 Å². The van der Waals surface area contributed by atoms with Gasteiger partial charge >= 0.3 is 5.97 Å². The number of nitro benzene ring substituents is 1. The minimum absolute atomic E-state index is 0.0100. The van der Waals surface area contributed by atoms with Gasteiger partial charge in [0.2, 0.25) is 5.76 Å². The number of methoxy groups -OCH3 is 1. The highest BCUT2D eigenvalue weighted by Gasteiger charge is 2.16. The first kappa shape index (κ1) is 14.6. The number of nitro groups is 1. The molecule has 0 bridgehead atoms. The minimum atomic E-state index is -0.547. The number of benzene rings is 1. The topological polar surface area (TPSA) is 91.8 Å². The molecule has 0 fully saturated rings. The first-order chi connectivity index (χ1) is 10.0. The normalized spacial score (nSPS) is 10.2. The van der Waals surface area contributed by atoms with Crippen LogP contribution in [0.1, 0.15) is 21.9 Å². The van der Waals surface area contributed by atoms with Crippen LogP contribution in [-0.4, -0.2) is 18.0 Å². The number of hydrogen-bond acceptors (Lipinski definition) is 6. The lowest BCUT2D eigenvalue weighted by atomic mass is 10.2. The van der Waals surface area contributed by atoms with Gasteiger partial charge in [-0.1, -0.05) is 0 Å². The summed E-state index contributed by atoms with van der Waals surface area (Å²) < 4.78 is 15.4. The third-order valence-electron chi connectivity index (χ3n) is 2.77. The van der Waals surface area contributed by atoms with Gasteiger partial charge in [0.05, 0.1) is 12.0 Å². The van der Waals surface area contributed by atoms with Gasteiger partial charge in [0.1, 0.15) is 18.1 Å². The highest BCUT2D eigenvalue weighted by molar-refractivity contribution is 5.87. The summed E-state index contributed by atoms with van der Waals surface area (Å²) in [6.45, 7) is 1.83. The number of furan rings is 1. The van der Waals surface area contributed by atoms with Crippen molar-refractivity contribution in [3.8, 4) is 5.75 Å². The predicted octanol–water partition coefficient (Wildman–Crippen LogP) is 2.86. The Bertz CT molecular complexity index is 659. The molecule has 0 aliphatic rings. The van der Waals surface area contributed by atoms with Crippen molar-refractivity contribution in [3.05, 3.63) is 57.5 Å². The maximum atomic E-state index is 11.4. The molecular formula is C14H13NO6. The van der Waals surface area contributed by atoms with E-state index in [9.17, 15) is 14.9 Å². The summed E-state index contributed by atoms with van der Waals surface area (Å²) >= 11 is 0. The summed E-state index contributed by atoms with van der Waals surface area (Å²) in [5.74, 6) is 0.523. The molecule has 2 rings (SSSR count). The second kappa shape index (κ2) is 6.08. The number of ether oxygens (including phenoxy) is 2. The SMILES string of the molecule is COC(=O)c1oc(COc2ccc([N+](=O)[O-])cc2)cc1C. The number of non-ortho nitro benzene ring substituents is 1. The van der Waals surface area contributed by atoms with E-state index in [-0.39, 0.29) is 18.1 Å².